The molecule has 1 N–H and O–H groups in total. The number of rotatable bonds is 5. The summed E-state index contributed by atoms with van der Waals surface area (Å²) >= 11 is 0. The SMILES string of the molecule is C[C@H]1CN(C(=O)O)c2cc(-c3cccc(S(=O)(=O)N(C)C)c3)ccc2N1C(=O)CC1CCOCC1. The number of sulfonamides is 1. The normalized spacial score (nSPS) is 19.0. The number of benzene rings is 2. The molecule has 0 radical (unpaired) electrons. The lowest BCUT2D eigenvalue weighted by atomic mass is 9.94. The molecule has 35 heavy (non-hydrogen) atoms. The second-order valence-electron chi connectivity index (χ2n) is 9.28. The van der Waals surface area contributed by atoms with Crippen molar-refractivity contribution in [2.45, 2.75) is 37.1 Å². The first-order chi connectivity index (χ1) is 16.6. The van der Waals surface area contributed by atoms with Crippen LogP contribution in [0.15, 0.2) is 47.4 Å². The lowest BCUT2D eigenvalue weighted by Crippen LogP contribution is -2.52. The summed E-state index contributed by atoms with van der Waals surface area (Å²) in [6.45, 7) is 3.32. The first-order valence-electron chi connectivity index (χ1n) is 11.7. The van der Waals surface area contributed by atoms with Crippen LogP contribution in [-0.4, -0.2) is 69.7 Å². The number of nitrogens with zero attached hydrogens (tertiary/aromatic N) is 3. The van der Waals surface area contributed by atoms with Gasteiger partial charge in [-0.15, -0.1) is 0 Å². The third-order valence-corrected chi connectivity index (χ3v) is 8.47. The molecule has 4 rings (SSSR count). The monoisotopic (exact) mass is 501 g/mol. The summed E-state index contributed by atoms with van der Waals surface area (Å²) in [4.78, 5) is 28.5. The zero-order valence-electron chi connectivity index (χ0n) is 20.2. The van der Waals surface area contributed by atoms with E-state index in [4.69, 9.17) is 4.74 Å². The van der Waals surface area contributed by atoms with Gasteiger partial charge >= 0.3 is 6.09 Å². The van der Waals surface area contributed by atoms with Crippen molar-refractivity contribution in [3.05, 3.63) is 42.5 Å². The highest BCUT2D eigenvalue weighted by Gasteiger charge is 2.36. The molecule has 1 saturated heterocycles. The predicted octanol–water partition coefficient (Wildman–Crippen LogP) is 3.64. The van der Waals surface area contributed by atoms with Crippen LogP contribution in [0, 0.1) is 5.92 Å². The summed E-state index contributed by atoms with van der Waals surface area (Å²) in [5, 5.41) is 9.89. The molecule has 2 aromatic rings. The molecule has 0 bridgehead atoms. The molecule has 1 fully saturated rings. The molecule has 2 aliphatic rings. The third-order valence-electron chi connectivity index (χ3n) is 6.66. The molecule has 1 atom stereocenters. The number of carbonyl (C=O) groups is 2. The molecular formula is C25H31N3O6S. The number of hydrogen-bond acceptors (Lipinski definition) is 5. The fourth-order valence-corrected chi connectivity index (χ4v) is 5.66. The van der Waals surface area contributed by atoms with E-state index in [1.807, 2.05) is 6.92 Å². The van der Waals surface area contributed by atoms with Crippen molar-refractivity contribution in [1.82, 2.24) is 4.31 Å². The van der Waals surface area contributed by atoms with E-state index in [1.165, 1.54) is 25.1 Å². The van der Waals surface area contributed by atoms with Crippen molar-refractivity contribution in [3.8, 4) is 11.1 Å². The van der Waals surface area contributed by atoms with Crippen LogP contribution >= 0.6 is 0 Å². The van der Waals surface area contributed by atoms with Crippen LogP contribution in [0.2, 0.25) is 0 Å². The Morgan fingerprint density at radius 3 is 2.40 bits per heavy atom. The van der Waals surface area contributed by atoms with Gasteiger partial charge in [0, 0.05) is 40.3 Å². The third kappa shape index (κ3) is 5.05. The maximum absolute atomic E-state index is 13.3. The van der Waals surface area contributed by atoms with Crippen molar-refractivity contribution in [3.63, 3.8) is 0 Å². The average molecular weight is 502 g/mol. The van der Waals surface area contributed by atoms with E-state index in [0.717, 1.165) is 17.1 Å². The molecule has 9 nitrogen and oxygen atoms in total. The highest BCUT2D eigenvalue weighted by molar-refractivity contribution is 7.89. The van der Waals surface area contributed by atoms with Gasteiger partial charge in [-0.2, -0.15) is 0 Å². The first-order valence-corrected chi connectivity index (χ1v) is 13.1. The lowest BCUT2D eigenvalue weighted by molar-refractivity contribution is -0.120. The van der Waals surface area contributed by atoms with Gasteiger partial charge in [0.2, 0.25) is 15.9 Å². The van der Waals surface area contributed by atoms with E-state index in [0.29, 0.717) is 42.1 Å². The van der Waals surface area contributed by atoms with Gasteiger partial charge in [-0.05, 0) is 61.1 Å². The van der Waals surface area contributed by atoms with Gasteiger partial charge < -0.3 is 14.7 Å². The van der Waals surface area contributed by atoms with E-state index < -0.39 is 16.1 Å². The second-order valence-corrected chi connectivity index (χ2v) is 11.4. The van der Waals surface area contributed by atoms with Crippen molar-refractivity contribution < 1.29 is 27.9 Å². The minimum atomic E-state index is -3.62. The molecule has 188 valence electrons. The molecule has 2 heterocycles. The second kappa shape index (κ2) is 9.96. The van der Waals surface area contributed by atoms with E-state index >= 15 is 0 Å². The minimum Gasteiger partial charge on any atom is -0.465 e. The van der Waals surface area contributed by atoms with Crippen LogP contribution < -0.4 is 9.80 Å². The zero-order valence-corrected chi connectivity index (χ0v) is 21.0. The maximum atomic E-state index is 13.3. The minimum absolute atomic E-state index is 0.0255. The number of hydrogen-bond donors (Lipinski definition) is 1. The number of amides is 2. The maximum Gasteiger partial charge on any atom is 0.411 e. The van der Waals surface area contributed by atoms with Gasteiger partial charge in [-0.3, -0.25) is 9.69 Å². The van der Waals surface area contributed by atoms with E-state index in [-0.39, 0.29) is 29.3 Å². The molecule has 0 aromatic heterocycles. The first kappa shape index (κ1) is 25.2. The molecule has 2 aliphatic heterocycles. The number of carboxylic acid groups (broad SMARTS) is 1. The van der Waals surface area contributed by atoms with Gasteiger partial charge in [0.05, 0.1) is 22.3 Å². The molecule has 10 heteroatoms. The molecule has 0 spiro atoms. The van der Waals surface area contributed by atoms with Crippen LogP contribution in [0.1, 0.15) is 26.2 Å². The van der Waals surface area contributed by atoms with Crippen LogP contribution in [0.4, 0.5) is 16.2 Å². The molecule has 2 aromatic carbocycles. The molecule has 0 unspecified atom stereocenters. The van der Waals surface area contributed by atoms with Crippen LogP contribution in [-0.2, 0) is 19.6 Å². The summed E-state index contributed by atoms with van der Waals surface area (Å²) < 4.78 is 31.7. The molecule has 0 saturated carbocycles. The summed E-state index contributed by atoms with van der Waals surface area (Å²) in [7, 11) is -0.681. The Morgan fingerprint density at radius 2 is 1.74 bits per heavy atom. The topological polar surface area (TPSA) is 107 Å². The number of fused-ring (bicyclic) bond motifs is 1. The Labute approximate surface area is 205 Å². The van der Waals surface area contributed by atoms with E-state index in [2.05, 4.69) is 0 Å². The number of ether oxygens (including phenoxy) is 1. The summed E-state index contributed by atoms with van der Waals surface area (Å²) in [5.41, 5.74) is 2.26. The van der Waals surface area contributed by atoms with E-state index in [1.54, 1.807) is 41.3 Å². The molecule has 0 aliphatic carbocycles. The van der Waals surface area contributed by atoms with E-state index in [9.17, 15) is 23.1 Å². The highest BCUT2D eigenvalue weighted by atomic mass is 32.2. The van der Waals surface area contributed by atoms with Gasteiger partial charge in [-0.25, -0.2) is 17.5 Å². The van der Waals surface area contributed by atoms with Crippen LogP contribution in [0.25, 0.3) is 11.1 Å². The lowest BCUT2D eigenvalue weighted by Gasteiger charge is -2.41. The Hall–Kier alpha value is -2.95. The Morgan fingerprint density at radius 1 is 1.06 bits per heavy atom. The van der Waals surface area contributed by atoms with Crippen molar-refractivity contribution in [1.29, 1.82) is 0 Å². The van der Waals surface area contributed by atoms with Crippen LogP contribution in [0.3, 0.4) is 0 Å². The van der Waals surface area contributed by atoms with Crippen molar-refractivity contribution in [2.24, 2.45) is 5.92 Å². The Bertz CT molecular complexity index is 1220. The van der Waals surface area contributed by atoms with Gasteiger partial charge in [-0.1, -0.05) is 18.2 Å². The average Bonchev–Trinajstić information content (AvgIpc) is 2.83. The van der Waals surface area contributed by atoms with Crippen molar-refractivity contribution >= 4 is 33.4 Å². The smallest absolute Gasteiger partial charge is 0.411 e. The molecule has 2 amide bonds. The summed E-state index contributed by atoms with van der Waals surface area (Å²) in [5.74, 6) is 0.229. The summed E-state index contributed by atoms with van der Waals surface area (Å²) in [6.07, 6.45) is 0.975. The highest BCUT2D eigenvalue weighted by Crippen LogP contribution is 2.40. The fraction of sp³-hybridized carbons (Fsp3) is 0.440. The van der Waals surface area contributed by atoms with Gasteiger partial charge in [0.1, 0.15) is 0 Å². The van der Waals surface area contributed by atoms with Crippen molar-refractivity contribution in [2.75, 3.05) is 43.7 Å². The Kier molecular flexibility index (Phi) is 7.16. The Balaban J connectivity index is 1.72. The zero-order chi connectivity index (χ0) is 25.3. The number of carbonyl (C=O) groups excluding carboxylic acids is 1. The quantitative estimate of drug-likeness (QED) is 0.670. The van der Waals surface area contributed by atoms with Gasteiger partial charge in [0.15, 0.2) is 0 Å². The largest absolute Gasteiger partial charge is 0.465 e. The van der Waals surface area contributed by atoms with Gasteiger partial charge in [0.25, 0.3) is 0 Å². The predicted molar refractivity (Wildman–Crippen MR) is 133 cm³/mol. The summed E-state index contributed by atoms with van der Waals surface area (Å²) in [6, 6.07) is 11.5. The molecular weight excluding hydrogens is 470 g/mol. The van der Waals surface area contributed by atoms with Crippen LogP contribution in [0.5, 0.6) is 0 Å². The standard InChI is InChI=1S/C25H31N3O6S/c1-17-16-27(25(30)31)23-15-20(19-5-4-6-21(14-19)35(32,33)26(2)3)7-8-22(23)28(17)24(29)13-18-9-11-34-12-10-18/h4-8,14-15,17-18H,9-13,16H2,1-3H3,(H,30,31)/t17-/m0/s1. The fourth-order valence-electron chi connectivity index (χ4n) is 4.71. The number of anilines is 2.